The highest BCUT2D eigenvalue weighted by Gasteiger charge is 2.51. The number of hydrogen-bond acceptors (Lipinski definition) is 4. The molecule has 4 nitrogen and oxygen atoms in total. The molecule has 0 bridgehead atoms. The summed E-state index contributed by atoms with van der Waals surface area (Å²) in [6.45, 7) is 14.7. The highest BCUT2D eigenvalue weighted by atomic mass is 28.4. The monoisotopic (exact) mass is 626 g/mol. The lowest BCUT2D eigenvalue weighted by atomic mass is 10.2. The minimum atomic E-state index is -2.45. The van der Waals surface area contributed by atoms with Gasteiger partial charge in [-0.15, -0.1) is 0 Å². The molecule has 4 aromatic rings. The molecule has 1 N–H and O–H groups in total. The van der Waals surface area contributed by atoms with E-state index in [-0.39, 0.29) is 16.7 Å². The van der Waals surface area contributed by atoms with Crippen LogP contribution >= 0.6 is 0 Å². The van der Waals surface area contributed by atoms with Gasteiger partial charge >= 0.3 is 0 Å². The maximum absolute atomic E-state index is 10.7. The van der Waals surface area contributed by atoms with E-state index in [0.717, 1.165) is 6.29 Å². The smallest absolute Gasteiger partial charge is 0.261 e. The number of aliphatic hydroxyl groups excluding tert-OH is 1. The predicted octanol–water partition coefficient (Wildman–Crippen LogP) is 6.10. The van der Waals surface area contributed by atoms with Crippen LogP contribution in [0.5, 0.6) is 0 Å². The van der Waals surface area contributed by atoms with E-state index in [2.05, 4.69) is 139 Å². The van der Waals surface area contributed by atoms with Crippen molar-refractivity contribution in [2.45, 2.75) is 64.5 Å². The summed E-state index contributed by atoms with van der Waals surface area (Å²) in [4.78, 5) is 10.7. The zero-order valence-electron chi connectivity index (χ0n) is 27.3. The van der Waals surface area contributed by atoms with Crippen LogP contribution in [0.15, 0.2) is 121 Å². The predicted molar refractivity (Wildman–Crippen MR) is 190 cm³/mol. The Morgan fingerprint density at radius 2 is 0.841 bits per heavy atom. The molecular weight excluding hydrogens is 577 g/mol. The maximum atomic E-state index is 10.7. The Balaban J connectivity index is 0.000000240. The topological polar surface area (TPSA) is 55.8 Å². The first-order valence-corrected chi connectivity index (χ1v) is 19.4. The summed E-state index contributed by atoms with van der Waals surface area (Å²) < 4.78 is 13.1. The van der Waals surface area contributed by atoms with Crippen LogP contribution in [0.2, 0.25) is 10.1 Å². The first kappa shape index (κ1) is 35.3. The van der Waals surface area contributed by atoms with Crippen LogP contribution in [-0.2, 0) is 13.6 Å². The van der Waals surface area contributed by atoms with Gasteiger partial charge in [-0.2, -0.15) is 0 Å². The van der Waals surface area contributed by atoms with Crippen molar-refractivity contribution in [3.05, 3.63) is 121 Å². The van der Waals surface area contributed by atoms with E-state index in [4.69, 9.17) is 14.0 Å². The fourth-order valence-corrected chi connectivity index (χ4v) is 15.3. The molecule has 0 spiro atoms. The second-order valence-corrected chi connectivity index (χ2v) is 21.7. The SMILES string of the molecule is CC(C)(C)[Si](OCCC=O)(c1ccccc1)c1ccccc1.CC(C)(C)[Si](OCCCO)(c1ccccc1)c1ccccc1. The lowest BCUT2D eigenvalue weighted by Crippen LogP contribution is -2.66. The quantitative estimate of drug-likeness (QED) is 0.117. The van der Waals surface area contributed by atoms with Crippen LogP contribution in [-0.4, -0.2) is 47.8 Å². The summed E-state index contributed by atoms with van der Waals surface area (Å²) in [6, 6.07) is 42.1. The first-order valence-electron chi connectivity index (χ1n) is 15.6. The van der Waals surface area contributed by atoms with E-state index < -0.39 is 16.6 Å². The van der Waals surface area contributed by atoms with Gasteiger partial charge in [-0.1, -0.05) is 163 Å². The van der Waals surface area contributed by atoms with E-state index in [0.29, 0.717) is 26.1 Å². The number of carbonyl (C=O) groups is 1. The van der Waals surface area contributed by atoms with Crippen molar-refractivity contribution in [2.75, 3.05) is 19.8 Å². The van der Waals surface area contributed by atoms with Crippen molar-refractivity contribution in [3.63, 3.8) is 0 Å². The third-order valence-corrected chi connectivity index (χ3v) is 18.1. The molecule has 44 heavy (non-hydrogen) atoms. The van der Waals surface area contributed by atoms with Gasteiger partial charge in [0.05, 0.1) is 0 Å². The Morgan fingerprint density at radius 1 is 0.545 bits per heavy atom. The number of carbonyl (C=O) groups excluding carboxylic acids is 1. The van der Waals surface area contributed by atoms with Crippen molar-refractivity contribution in [2.24, 2.45) is 0 Å². The van der Waals surface area contributed by atoms with Crippen LogP contribution < -0.4 is 20.7 Å². The average molecular weight is 627 g/mol. The highest BCUT2D eigenvalue weighted by Crippen LogP contribution is 2.37. The minimum Gasteiger partial charge on any atom is -0.407 e. The molecule has 0 aliphatic carbocycles. The molecule has 0 saturated heterocycles. The minimum absolute atomic E-state index is 0.00512. The molecule has 0 radical (unpaired) electrons. The lowest BCUT2D eigenvalue weighted by Gasteiger charge is -2.43. The van der Waals surface area contributed by atoms with Gasteiger partial charge < -0.3 is 18.8 Å². The van der Waals surface area contributed by atoms with Gasteiger partial charge in [0, 0.05) is 26.2 Å². The van der Waals surface area contributed by atoms with E-state index in [9.17, 15) is 4.79 Å². The molecule has 0 saturated carbocycles. The van der Waals surface area contributed by atoms with Gasteiger partial charge in [0.15, 0.2) is 0 Å². The molecular formula is C38H50O4Si2. The zero-order valence-corrected chi connectivity index (χ0v) is 29.3. The van der Waals surface area contributed by atoms with E-state index in [1.54, 1.807) is 0 Å². The van der Waals surface area contributed by atoms with Crippen LogP contribution in [0.25, 0.3) is 0 Å². The third kappa shape index (κ3) is 8.11. The summed E-state index contributed by atoms with van der Waals surface area (Å²) in [5, 5.41) is 14.2. The fourth-order valence-electron chi connectivity index (χ4n) is 6.07. The molecule has 0 aromatic heterocycles. The van der Waals surface area contributed by atoms with Gasteiger partial charge in [0.25, 0.3) is 16.6 Å². The molecule has 0 aliphatic rings. The Labute approximate surface area is 267 Å². The Morgan fingerprint density at radius 3 is 1.09 bits per heavy atom. The highest BCUT2D eigenvalue weighted by molar-refractivity contribution is 7.00. The second kappa shape index (κ2) is 16.3. The van der Waals surface area contributed by atoms with Crippen LogP contribution in [0.3, 0.4) is 0 Å². The Kier molecular flexibility index (Phi) is 13.1. The van der Waals surface area contributed by atoms with E-state index in [1.165, 1.54) is 20.7 Å². The van der Waals surface area contributed by atoms with Crippen molar-refractivity contribution in [3.8, 4) is 0 Å². The van der Waals surface area contributed by atoms with Gasteiger partial charge in [-0.3, -0.25) is 0 Å². The zero-order chi connectivity index (χ0) is 32.1. The van der Waals surface area contributed by atoms with E-state index >= 15 is 0 Å². The van der Waals surface area contributed by atoms with Crippen molar-refractivity contribution in [1.29, 1.82) is 0 Å². The summed E-state index contributed by atoms with van der Waals surface area (Å²) in [5.74, 6) is 0. The van der Waals surface area contributed by atoms with Gasteiger partial charge in [-0.05, 0) is 37.2 Å². The molecule has 0 unspecified atom stereocenters. The fraction of sp³-hybridized carbons (Fsp3) is 0.342. The number of aldehydes is 1. The molecule has 0 amide bonds. The maximum Gasteiger partial charge on any atom is 0.261 e. The van der Waals surface area contributed by atoms with Crippen LogP contribution in [0, 0.1) is 0 Å². The molecule has 0 heterocycles. The molecule has 0 fully saturated rings. The molecule has 0 atom stereocenters. The third-order valence-electron chi connectivity index (χ3n) is 8.01. The summed E-state index contributed by atoms with van der Waals surface area (Å²) in [7, 11) is -4.84. The van der Waals surface area contributed by atoms with Crippen molar-refractivity contribution in [1.82, 2.24) is 0 Å². The Bertz CT molecular complexity index is 1290. The normalized spacial score (nSPS) is 12.2. The second-order valence-electron chi connectivity index (χ2n) is 13.1. The van der Waals surface area contributed by atoms with Gasteiger partial charge in [-0.25, -0.2) is 0 Å². The first-order chi connectivity index (χ1) is 21.0. The molecule has 234 valence electrons. The number of aliphatic hydroxyl groups is 1. The van der Waals surface area contributed by atoms with E-state index in [1.807, 2.05) is 24.3 Å². The van der Waals surface area contributed by atoms with Crippen molar-refractivity contribution < 1.29 is 18.8 Å². The Hall–Kier alpha value is -3.14. The van der Waals surface area contributed by atoms with Gasteiger partial charge in [0.2, 0.25) is 0 Å². The summed E-state index contributed by atoms with van der Waals surface area (Å²) in [5.41, 5.74) is 0. The number of hydrogen-bond donors (Lipinski definition) is 1. The number of benzene rings is 4. The van der Waals surface area contributed by atoms with Crippen LogP contribution in [0.1, 0.15) is 54.4 Å². The lowest BCUT2D eigenvalue weighted by molar-refractivity contribution is -0.108. The molecule has 6 heteroatoms. The summed E-state index contributed by atoms with van der Waals surface area (Å²) >= 11 is 0. The van der Waals surface area contributed by atoms with Crippen molar-refractivity contribution >= 4 is 43.7 Å². The van der Waals surface area contributed by atoms with Gasteiger partial charge in [0.1, 0.15) is 6.29 Å². The standard InChI is InChI=1S/C19H26O2Si.C19H24O2Si/c2*1-19(2,3)22(21-16-10-15-20,17-11-6-4-7-12-17)18-13-8-5-9-14-18/h4-9,11-14,20H,10,15-16H2,1-3H3;4-9,11-15H,10,16H2,1-3H3. The summed E-state index contributed by atoms with van der Waals surface area (Å²) in [6.07, 6.45) is 2.03. The largest absolute Gasteiger partial charge is 0.407 e. The number of rotatable bonds is 12. The average Bonchev–Trinajstić information content (AvgIpc) is 3.02. The molecule has 4 rings (SSSR count). The molecule has 0 aliphatic heterocycles. The van der Waals surface area contributed by atoms with Crippen LogP contribution in [0.4, 0.5) is 0 Å². The molecule has 4 aromatic carbocycles.